The molecule has 82 valence electrons. The molecule has 0 aromatic carbocycles. The van der Waals surface area contributed by atoms with Gasteiger partial charge in [0.05, 0.1) is 6.10 Å². The van der Waals surface area contributed by atoms with Crippen LogP contribution in [-0.2, 0) is 4.79 Å². The Hall–Kier alpha value is -0.480. The van der Waals surface area contributed by atoms with Gasteiger partial charge in [0.25, 0.3) is 0 Å². The van der Waals surface area contributed by atoms with Gasteiger partial charge in [-0.1, -0.05) is 6.92 Å². The van der Waals surface area contributed by atoms with E-state index in [4.69, 9.17) is 0 Å². The highest BCUT2D eigenvalue weighted by molar-refractivity contribution is 5.75. The number of piperidine rings is 1. The van der Waals surface area contributed by atoms with Gasteiger partial charge in [0.2, 0.25) is 0 Å². The van der Waals surface area contributed by atoms with E-state index in [1.807, 2.05) is 6.92 Å². The Labute approximate surface area is 83.7 Å². The summed E-state index contributed by atoms with van der Waals surface area (Å²) in [5.74, 6) is -0.275. The zero-order valence-electron chi connectivity index (χ0n) is 8.66. The molecule has 0 radical (unpaired) electrons. The molecule has 1 rings (SSSR count). The molecule has 0 aromatic heterocycles. The minimum atomic E-state index is -1.25. The van der Waals surface area contributed by atoms with E-state index in [2.05, 4.69) is 5.32 Å². The Balaban J connectivity index is 2.54. The Morgan fingerprint density at radius 1 is 1.64 bits per heavy atom. The molecular weight excluding hydrogens is 185 g/mol. The van der Waals surface area contributed by atoms with Crippen LogP contribution in [0.3, 0.4) is 0 Å². The van der Waals surface area contributed by atoms with E-state index < -0.39 is 12.3 Å². The second kappa shape index (κ2) is 4.84. The van der Waals surface area contributed by atoms with Crippen LogP contribution < -0.4 is 5.32 Å². The summed E-state index contributed by atoms with van der Waals surface area (Å²) in [6, 6.07) is -0.270. The lowest BCUT2D eigenvalue weighted by atomic mass is 9.86. The van der Waals surface area contributed by atoms with Crippen LogP contribution in [-0.4, -0.2) is 35.8 Å². The third-order valence-corrected chi connectivity index (χ3v) is 2.83. The molecule has 1 aliphatic heterocycles. The monoisotopic (exact) mass is 203 g/mol. The number of alkyl halides is 1. The summed E-state index contributed by atoms with van der Waals surface area (Å²) < 4.78 is 13.5. The van der Waals surface area contributed by atoms with Gasteiger partial charge >= 0.3 is 0 Å². The molecule has 1 fully saturated rings. The van der Waals surface area contributed by atoms with E-state index in [0.717, 1.165) is 0 Å². The molecule has 0 amide bonds. The minimum Gasteiger partial charge on any atom is -0.390 e. The second-order valence-corrected chi connectivity index (χ2v) is 4.02. The van der Waals surface area contributed by atoms with Crippen molar-refractivity contribution in [3.05, 3.63) is 0 Å². The van der Waals surface area contributed by atoms with Gasteiger partial charge in [-0.25, -0.2) is 4.39 Å². The third-order valence-electron chi connectivity index (χ3n) is 2.83. The number of carbonyl (C=O) groups excluding carboxylic acids is 1. The summed E-state index contributed by atoms with van der Waals surface area (Å²) in [5.41, 5.74) is 0. The van der Waals surface area contributed by atoms with Gasteiger partial charge in [0.15, 0.2) is 0 Å². The maximum atomic E-state index is 13.5. The quantitative estimate of drug-likeness (QED) is 0.708. The molecule has 0 aliphatic carbocycles. The fourth-order valence-corrected chi connectivity index (χ4v) is 1.97. The van der Waals surface area contributed by atoms with Crippen LogP contribution in [0.25, 0.3) is 0 Å². The van der Waals surface area contributed by atoms with Crippen molar-refractivity contribution in [2.75, 3.05) is 6.54 Å². The zero-order chi connectivity index (χ0) is 10.7. The van der Waals surface area contributed by atoms with Gasteiger partial charge in [-0.2, -0.15) is 0 Å². The summed E-state index contributed by atoms with van der Waals surface area (Å²) in [6.07, 6.45) is -1.33. The predicted molar refractivity (Wildman–Crippen MR) is 51.8 cm³/mol. The average Bonchev–Trinajstić information content (AvgIpc) is 2.13. The first-order valence-electron chi connectivity index (χ1n) is 5.11. The van der Waals surface area contributed by atoms with Gasteiger partial charge in [-0.3, -0.25) is 0 Å². The Bertz CT molecular complexity index is 210. The number of rotatable bonds is 3. The standard InChI is InChI=1S/C10H18FNO2/c1-3-8-9(11)10(14)7(5-12-8)4-6(2)13/h7-10,12,14H,3-5H2,1-2H3/t7-,8+,9+,10+/m0/s1. The number of ketones is 1. The lowest BCUT2D eigenvalue weighted by Crippen LogP contribution is -2.55. The van der Waals surface area contributed by atoms with Crippen molar-refractivity contribution < 1.29 is 14.3 Å². The average molecular weight is 203 g/mol. The van der Waals surface area contributed by atoms with Gasteiger partial charge < -0.3 is 15.2 Å². The van der Waals surface area contributed by atoms with Crippen molar-refractivity contribution in [3.63, 3.8) is 0 Å². The molecule has 3 nitrogen and oxygen atoms in total. The number of aliphatic hydroxyl groups is 1. The number of hydrogen-bond donors (Lipinski definition) is 2. The van der Waals surface area contributed by atoms with E-state index in [9.17, 15) is 14.3 Å². The summed E-state index contributed by atoms with van der Waals surface area (Å²) in [5, 5.41) is 12.6. The maximum absolute atomic E-state index is 13.5. The largest absolute Gasteiger partial charge is 0.390 e. The van der Waals surface area contributed by atoms with Gasteiger partial charge in [-0.15, -0.1) is 0 Å². The number of carbonyl (C=O) groups is 1. The van der Waals surface area contributed by atoms with Crippen LogP contribution in [0, 0.1) is 5.92 Å². The van der Waals surface area contributed by atoms with Gasteiger partial charge in [-0.05, 0) is 13.3 Å². The van der Waals surface area contributed by atoms with Crippen LogP contribution in [0.15, 0.2) is 0 Å². The fraction of sp³-hybridized carbons (Fsp3) is 0.900. The Kier molecular flexibility index (Phi) is 4.01. The molecular formula is C10H18FNO2. The van der Waals surface area contributed by atoms with Crippen LogP contribution in [0.1, 0.15) is 26.7 Å². The van der Waals surface area contributed by atoms with Gasteiger partial charge in [0.1, 0.15) is 12.0 Å². The van der Waals surface area contributed by atoms with Crippen molar-refractivity contribution in [3.8, 4) is 0 Å². The van der Waals surface area contributed by atoms with E-state index in [1.165, 1.54) is 6.92 Å². The smallest absolute Gasteiger partial charge is 0.141 e. The predicted octanol–water partition coefficient (Wildman–Crippen LogP) is 0.662. The molecule has 0 aromatic rings. The number of hydrogen-bond acceptors (Lipinski definition) is 3. The number of halogens is 1. The molecule has 1 aliphatic rings. The first-order valence-corrected chi connectivity index (χ1v) is 5.11. The van der Waals surface area contributed by atoms with E-state index in [-0.39, 0.29) is 24.2 Å². The SMILES string of the molecule is CC[C@H]1NC[C@H](CC(C)=O)[C@@H](O)[C@@H]1F. The van der Waals surface area contributed by atoms with Gasteiger partial charge in [0, 0.05) is 24.9 Å². The summed E-state index contributed by atoms with van der Waals surface area (Å²) in [7, 11) is 0. The number of Topliss-reactive ketones (excluding diaryl/α,β-unsaturated/α-hetero) is 1. The topological polar surface area (TPSA) is 49.3 Å². The molecule has 4 heteroatoms. The molecule has 0 bridgehead atoms. The van der Waals surface area contributed by atoms with Crippen molar-refractivity contribution in [2.24, 2.45) is 5.92 Å². The lowest BCUT2D eigenvalue weighted by molar-refractivity contribution is -0.120. The highest BCUT2D eigenvalue weighted by Crippen LogP contribution is 2.23. The van der Waals surface area contributed by atoms with Crippen molar-refractivity contribution in [1.82, 2.24) is 5.32 Å². The van der Waals surface area contributed by atoms with Crippen LogP contribution in [0.5, 0.6) is 0 Å². The van der Waals surface area contributed by atoms with Crippen molar-refractivity contribution in [1.29, 1.82) is 0 Å². The van der Waals surface area contributed by atoms with E-state index >= 15 is 0 Å². The highest BCUT2D eigenvalue weighted by atomic mass is 19.1. The van der Waals surface area contributed by atoms with Crippen molar-refractivity contribution in [2.45, 2.75) is 45.0 Å². The second-order valence-electron chi connectivity index (χ2n) is 4.02. The van der Waals surface area contributed by atoms with Crippen molar-refractivity contribution >= 4 is 5.78 Å². The molecule has 0 unspecified atom stereocenters. The first kappa shape index (κ1) is 11.6. The Morgan fingerprint density at radius 3 is 2.79 bits per heavy atom. The molecule has 1 saturated heterocycles. The van der Waals surface area contributed by atoms with Crippen LogP contribution in [0.4, 0.5) is 4.39 Å². The highest BCUT2D eigenvalue weighted by Gasteiger charge is 2.37. The Morgan fingerprint density at radius 2 is 2.29 bits per heavy atom. The number of aliphatic hydroxyl groups excluding tert-OH is 1. The molecule has 14 heavy (non-hydrogen) atoms. The van der Waals surface area contributed by atoms with E-state index in [1.54, 1.807) is 0 Å². The lowest BCUT2D eigenvalue weighted by Gasteiger charge is -2.36. The zero-order valence-corrected chi connectivity index (χ0v) is 8.66. The van der Waals surface area contributed by atoms with Crippen LogP contribution >= 0.6 is 0 Å². The first-order chi connectivity index (χ1) is 6.56. The third kappa shape index (κ3) is 2.51. The molecule has 4 atom stereocenters. The maximum Gasteiger partial charge on any atom is 0.141 e. The molecule has 1 heterocycles. The fourth-order valence-electron chi connectivity index (χ4n) is 1.97. The number of nitrogens with one attached hydrogen (secondary N) is 1. The van der Waals surface area contributed by atoms with Crippen LogP contribution in [0.2, 0.25) is 0 Å². The summed E-state index contributed by atoms with van der Waals surface area (Å²) in [4.78, 5) is 10.9. The summed E-state index contributed by atoms with van der Waals surface area (Å²) in [6.45, 7) is 3.87. The van der Waals surface area contributed by atoms with E-state index in [0.29, 0.717) is 13.0 Å². The normalized spacial score (nSPS) is 38.3. The molecule has 0 saturated carbocycles. The molecule has 0 spiro atoms. The summed E-state index contributed by atoms with van der Waals surface area (Å²) >= 11 is 0. The molecule has 2 N–H and O–H groups in total. The minimum absolute atomic E-state index is 0.00185.